The Morgan fingerprint density at radius 3 is 2.67 bits per heavy atom. The summed E-state index contributed by atoms with van der Waals surface area (Å²) in [6.07, 6.45) is 9.63. The van der Waals surface area contributed by atoms with Crippen LogP contribution in [0.1, 0.15) is 22.8 Å². The van der Waals surface area contributed by atoms with Gasteiger partial charge in [-0.25, -0.2) is 14.5 Å². The molecular formula is C21H18N4O2. The molecule has 0 aliphatic rings. The molecule has 3 aromatic heterocycles. The first-order valence-electron chi connectivity index (χ1n) is 8.66. The highest BCUT2D eigenvalue weighted by atomic mass is 16.5. The van der Waals surface area contributed by atoms with Gasteiger partial charge in [0.15, 0.2) is 5.82 Å². The topological polar surface area (TPSA) is 69.9 Å². The van der Waals surface area contributed by atoms with Crippen LogP contribution in [-0.2, 0) is 11.2 Å². The van der Waals surface area contributed by atoms with Crippen LogP contribution in [0.3, 0.4) is 0 Å². The van der Waals surface area contributed by atoms with Crippen LogP contribution in [0.4, 0.5) is 0 Å². The van der Waals surface area contributed by atoms with E-state index in [9.17, 15) is 4.79 Å². The minimum absolute atomic E-state index is 0.402. The molecule has 4 rings (SSSR count). The van der Waals surface area contributed by atoms with Crippen molar-refractivity contribution in [3.63, 3.8) is 0 Å². The molecule has 0 N–H and O–H groups in total. The van der Waals surface area contributed by atoms with Gasteiger partial charge < -0.3 is 4.74 Å². The summed E-state index contributed by atoms with van der Waals surface area (Å²) in [6.45, 7) is 2.12. The van der Waals surface area contributed by atoms with Gasteiger partial charge in [0.05, 0.1) is 18.9 Å². The molecule has 3 heterocycles. The Morgan fingerprint density at radius 1 is 1.07 bits per heavy atom. The molecule has 134 valence electrons. The third-order valence-electron chi connectivity index (χ3n) is 4.53. The lowest BCUT2D eigenvalue weighted by Crippen LogP contribution is -2.02. The number of aryl methyl sites for hydroxylation is 1. The fourth-order valence-electron chi connectivity index (χ4n) is 3.12. The second-order valence-corrected chi connectivity index (χ2v) is 6.13. The van der Waals surface area contributed by atoms with Gasteiger partial charge in [0.1, 0.15) is 0 Å². The number of methoxy groups -OCH3 is 1. The number of hydrogen-bond donors (Lipinski definition) is 0. The van der Waals surface area contributed by atoms with Gasteiger partial charge in [0.25, 0.3) is 0 Å². The van der Waals surface area contributed by atoms with Crippen molar-refractivity contribution in [1.82, 2.24) is 19.7 Å². The Bertz CT molecular complexity index is 1130. The van der Waals surface area contributed by atoms with Crippen molar-refractivity contribution in [2.75, 3.05) is 7.11 Å². The molecule has 4 aromatic rings. The molecule has 27 heavy (non-hydrogen) atoms. The summed E-state index contributed by atoms with van der Waals surface area (Å²) in [5.41, 5.74) is 3.24. The average Bonchev–Trinajstić information content (AvgIpc) is 3.22. The van der Waals surface area contributed by atoms with E-state index in [0.717, 1.165) is 28.8 Å². The van der Waals surface area contributed by atoms with Crippen molar-refractivity contribution in [1.29, 1.82) is 0 Å². The second kappa shape index (κ2) is 6.99. The molecule has 1 aromatic carbocycles. The van der Waals surface area contributed by atoms with Crippen LogP contribution in [0.25, 0.3) is 27.7 Å². The van der Waals surface area contributed by atoms with Crippen LogP contribution in [0.5, 0.6) is 0 Å². The van der Waals surface area contributed by atoms with Gasteiger partial charge in [-0.15, -0.1) is 0 Å². The quantitative estimate of drug-likeness (QED) is 0.519. The van der Waals surface area contributed by atoms with E-state index in [1.165, 1.54) is 24.3 Å². The molecule has 0 fully saturated rings. The van der Waals surface area contributed by atoms with Gasteiger partial charge in [-0.1, -0.05) is 31.2 Å². The Hall–Kier alpha value is -3.54. The number of fused-ring (bicyclic) bond motifs is 1. The molecule has 0 bridgehead atoms. The van der Waals surface area contributed by atoms with Crippen molar-refractivity contribution in [2.45, 2.75) is 13.3 Å². The molecule has 6 nitrogen and oxygen atoms in total. The third kappa shape index (κ3) is 3.06. The molecule has 0 unspecified atom stereocenters. The van der Waals surface area contributed by atoms with E-state index in [0.29, 0.717) is 5.56 Å². The molecule has 0 saturated carbocycles. The lowest BCUT2D eigenvalue weighted by atomic mass is 10.1. The van der Waals surface area contributed by atoms with Gasteiger partial charge >= 0.3 is 5.97 Å². The molecule has 0 amide bonds. The number of rotatable bonds is 4. The summed E-state index contributed by atoms with van der Waals surface area (Å²) in [5.74, 6) is 0.352. The Kier molecular flexibility index (Phi) is 4.38. The normalized spacial score (nSPS) is 10.9. The standard InChI is InChI=1S/C21H18N4O2/c1-3-14-11-23-20(19-7-5-4-6-18(14)19)25-13-17(12-24-25)15-8-16(10-22-9-15)21(26)27-2/h4-13H,3H2,1-2H3. The number of aromatic nitrogens is 4. The summed E-state index contributed by atoms with van der Waals surface area (Å²) in [6, 6.07) is 9.93. The van der Waals surface area contributed by atoms with E-state index in [-0.39, 0.29) is 0 Å². The highest BCUT2D eigenvalue weighted by Gasteiger charge is 2.12. The smallest absolute Gasteiger partial charge is 0.339 e. The number of nitrogens with zero attached hydrogens (tertiary/aromatic N) is 4. The Labute approximate surface area is 156 Å². The van der Waals surface area contributed by atoms with E-state index in [2.05, 4.69) is 34.1 Å². The van der Waals surface area contributed by atoms with E-state index < -0.39 is 5.97 Å². The highest BCUT2D eigenvalue weighted by Crippen LogP contribution is 2.26. The molecule has 0 spiro atoms. The van der Waals surface area contributed by atoms with Crippen LogP contribution < -0.4 is 0 Å². The highest BCUT2D eigenvalue weighted by molar-refractivity contribution is 5.91. The maximum Gasteiger partial charge on any atom is 0.339 e. The monoisotopic (exact) mass is 358 g/mol. The van der Waals surface area contributed by atoms with Crippen molar-refractivity contribution in [3.05, 3.63) is 72.4 Å². The first-order chi connectivity index (χ1) is 13.2. The number of pyridine rings is 2. The van der Waals surface area contributed by atoms with Crippen LogP contribution in [0.15, 0.2) is 61.3 Å². The van der Waals surface area contributed by atoms with Crippen molar-refractivity contribution >= 4 is 16.7 Å². The zero-order valence-electron chi connectivity index (χ0n) is 15.1. The second-order valence-electron chi connectivity index (χ2n) is 6.13. The fraction of sp³-hybridized carbons (Fsp3) is 0.143. The largest absolute Gasteiger partial charge is 0.465 e. The summed E-state index contributed by atoms with van der Waals surface area (Å²) in [4.78, 5) is 20.5. The lowest BCUT2D eigenvalue weighted by molar-refractivity contribution is 0.0600. The van der Waals surface area contributed by atoms with Crippen molar-refractivity contribution in [3.8, 4) is 16.9 Å². The molecule has 0 aliphatic carbocycles. The van der Waals surface area contributed by atoms with E-state index in [1.807, 2.05) is 24.5 Å². The Morgan fingerprint density at radius 2 is 1.89 bits per heavy atom. The van der Waals surface area contributed by atoms with Crippen LogP contribution >= 0.6 is 0 Å². The molecule has 0 atom stereocenters. The van der Waals surface area contributed by atoms with Gasteiger partial charge in [0, 0.05) is 41.3 Å². The van der Waals surface area contributed by atoms with E-state index >= 15 is 0 Å². The predicted octanol–water partition coefficient (Wildman–Crippen LogP) is 3.83. The average molecular weight is 358 g/mol. The first-order valence-corrected chi connectivity index (χ1v) is 8.66. The fourth-order valence-corrected chi connectivity index (χ4v) is 3.12. The third-order valence-corrected chi connectivity index (χ3v) is 4.53. The number of carbonyl (C=O) groups is 1. The predicted molar refractivity (Wildman–Crippen MR) is 103 cm³/mol. The zero-order valence-corrected chi connectivity index (χ0v) is 15.1. The van der Waals surface area contributed by atoms with Crippen LogP contribution in [-0.4, -0.2) is 32.8 Å². The molecule has 0 radical (unpaired) electrons. The minimum Gasteiger partial charge on any atom is -0.465 e. The minimum atomic E-state index is -0.417. The number of ether oxygens (including phenoxy) is 1. The van der Waals surface area contributed by atoms with Gasteiger partial charge in [-0.2, -0.15) is 5.10 Å². The maximum absolute atomic E-state index is 11.7. The molecular weight excluding hydrogens is 340 g/mol. The molecule has 0 saturated heterocycles. The summed E-state index contributed by atoms with van der Waals surface area (Å²) < 4.78 is 6.51. The molecule has 0 aliphatic heterocycles. The summed E-state index contributed by atoms with van der Waals surface area (Å²) >= 11 is 0. The van der Waals surface area contributed by atoms with Crippen molar-refractivity contribution < 1.29 is 9.53 Å². The number of esters is 1. The summed E-state index contributed by atoms with van der Waals surface area (Å²) in [7, 11) is 1.35. The number of benzene rings is 1. The van der Waals surface area contributed by atoms with Gasteiger partial charge in [0.2, 0.25) is 0 Å². The van der Waals surface area contributed by atoms with E-state index in [1.54, 1.807) is 23.1 Å². The van der Waals surface area contributed by atoms with Gasteiger partial charge in [-0.05, 0) is 23.4 Å². The number of hydrogen-bond acceptors (Lipinski definition) is 5. The zero-order chi connectivity index (χ0) is 18.8. The van der Waals surface area contributed by atoms with Crippen LogP contribution in [0, 0.1) is 0 Å². The maximum atomic E-state index is 11.7. The summed E-state index contributed by atoms with van der Waals surface area (Å²) in [5, 5.41) is 6.70. The van der Waals surface area contributed by atoms with Gasteiger partial charge in [-0.3, -0.25) is 4.98 Å². The van der Waals surface area contributed by atoms with E-state index in [4.69, 9.17) is 4.74 Å². The van der Waals surface area contributed by atoms with Crippen LogP contribution in [0.2, 0.25) is 0 Å². The lowest BCUT2D eigenvalue weighted by Gasteiger charge is -2.09. The Balaban J connectivity index is 1.78. The first kappa shape index (κ1) is 16.9. The molecule has 6 heteroatoms. The number of carbonyl (C=O) groups excluding carboxylic acids is 1. The van der Waals surface area contributed by atoms with Crippen molar-refractivity contribution in [2.24, 2.45) is 0 Å². The SMILES string of the molecule is CCc1cnc(-n2cc(-c3cncc(C(=O)OC)c3)cn2)c2ccccc12.